The number of carbonyl (C=O) groups is 2. The van der Waals surface area contributed by atoms with Crippen molar-refractivity contribution in [1.29, 1.82) is 0 Å². The molecule has 1 aromatic heterocycles. The highest BCUT2D eigenvalue weighted by Gasteiger charge is 2.22. The second-order valence-corrected chi connectivity index (χ2v) is 6.82. The third kappa shape index (κ3) is 3.98. The summed E-state index contributed by atoms with van der Waals surface area (Å²) in [7, 11) is 1.55. The maximum absolute atomic E-state index is 12.6. The van der Waals surface area contributed by atoms with Gasteiger partial charge in [-0.25, -0.2) is 4.79 Å². The van der Waals surface area contributed by atoms with Gasteiger partial charge in [-0.15, -0.1) is 0 Å². The number of ether oxygens (including phenoxy) is 2. The Morgan fingerprint density at radius 2 is 1.90 bits per heavy atom. The number of nitrogens with zero attached hydrogens (tertiary/aromatic N) is 1. The first kappa shape index (κ1) is 20.5. The minimum atomic E-state index is -0.514. The number of methoxy groups -OCH3 is 1. The highest BCUT2D eigenvalue weighted by Crippen LogP contribution is 2.35. The average Bonchev–Trinajstić information content (AvgIpc) is 3.12. The number of primary amides is 1. The molecule has 2 aromatic carbocycles. The van der Waals surface area contributed by atoms with Crippen molar-refractivity contribution in [2.24, 2.45) is 5.73 Å². The minimum absolute atomic E-state index is 0.257. The molecule has 1 amide bonds. The number of carbonyl (C=O) groups excluding carboxylic acids is 2. The van der Waals surface area contributed by atoms with E-state index < -0.39 is 11.9 Å². The van der Waals surface area contributed by atoms with Gasteiger partial charge in [0.2, 0.25) is 5.91 Å². The smallest absolute Gasteiger partial charge is 0.340 e. The van der Waals surface area contributed by atoms with Crippen LogP contribution in [0.4, 0.5) is 0 Å². The molecular weight excluding hydrogens is 392 g/mol. The van der Waals surface area contributed by atoms with Crippen LogP contribution in [-0.2, 0) is 4.74 Å². The van der Waals surface area contributed by atoms with Gasteiger partial charge in [-0.2, -0.15) is 0 Å². The summed E-state index contributed by atoms with van der Waals surface area (Å²) in [6.07, 6.45) is 1.77. The van der Waals surface area contributed by atoms with Gasteiger partial charge in [-0.3, -0.25) is 4.79 Å². The molecule has 29 heavy (non-hydrogen) atoms. The van der Waals surface area contributed by atoms with Crippen molar-refractivity contribution in [1.82, 2.24) is 4.57 Å². The molecule has 2 N–H and O–H groups in total. The van der Waals surface area contributed by atoms with Gasteiger partial charge in [-0.05, 0) is 49.7 Å². The van der Waals surface area contributed by atoms with Crippen LogP contribution in [0.1, 0.15) is 33.2 Å². The number of rotatable bonds is 6. The van der Waals surface area contributed by atoms with Gasteiger partial charge in [0.1, 0.15) is 5.75 Å². The van der Waals surface area contributed by atoms with Crippen LogP contribution in [0.15, 0.2) is 48.7 Å². The molecule has 0 aliphatic carbocycles. The number of nitrogens with two attached hydrogens (primary N) is 1. The number of aryl methyl sites for hydroxylation is 1. The number of aromatic nitrogens is 1. The summed E-state index contributed by atoms with van der Waals surface area (Å²) in [4.78, 5) is 24.1. The molecule has 6 nitrogen and oxygen atoms in total. The molecule has 1 heterocycles. The third-order valence-corrected chi connectivity index (χ3v) is 4.78. The topological polar surface area (TPSA) is 83.6 Å². The lowest BCUT2D eigenvalue weighted by Crippen LogP contribution is -2.12. The lowest BCUT2D eigenvalue weighted by atomic mass is 9.99. The summed E-state index contributed by atoms with van der Waals surface area (Å²) in [5.41, 5.74) is 9.08. The van der Waals surface area contributed by atoms with Crippen molar-refractivity contribution in [3.63, 3.8) is 0 Å². The van der Waals surface area contributed by atoms with Gasteiger partial charge >= 0.3 is 5.97 Å². The Bertz CT molecular complexity index is 1090. The number of amides is 1. The van der Waals surface area contributed by atoms with Crippen molar-refractivity contribution in [3.8, 4) is 22.7 Å². The molecule has 0 radical (unpaired) electrons. The zero-order valence-electron chi connectivity index (χ0n) is 16.4. The Labute approximate surface area is 173 Å². The Morgan fingerprint density at radius 1 is 1.14 bits per heavy atom. The van der Waals surface area contributed by atoms with Crippen LogP contribution >= 0.6 is 11.6 Å². The summed E-state index contributed by atoms with van der Waals surface area (Å²) in [5.74, 6) is -0.399. The van der Waals surface area contributed by atoms with Crippen LogP contribution < -0.4 is 10.5 Å². The van der Waals surface area contributed by atoms with Crippen molar-refractivity contribution < 1.29 is 19.1 Å². The highest BCUT2D eigenvalue weighted by molar-refractivity contribution is 6.30. The molecule has 0 aliphatic rings. The Balaban J connectivity index is 2.28. The summed E-state index contributed by atoms with van der Waals surface area (Å²) >= 11 is 6.10. The predicted octanol–water partition coefficient (Wildman–Crippen LogP) is 4.39. The molecule has 3 aromatic rings. The van der Waals surface area contributed by atoms with E-state index in [2.05, 4.69) is 0 Å². The molecule has 0 bridgehead atoms. The van der Waals surface area contributed by atoms with Crippen LogP contribution in [0.5, 0.6) is 5.75 Å². The summed E-state index contributed by atoms with van der Waals surface area (Å²) in [6.45, 7) is 3.87. The van der Waals surface area contributed by atoms with Gasteiger partial charge in [0.05, 0.1) is 30.7 Å². The van der Waals surface area contributed by atoms with Crippen molar-refractivity contribution in [2.75, 3.05) is 13.7 Å². The first-order chi connectivity index (χ1) is 13.9. The SMILES string of the molecule is CCOC(=O)c1ccn(-c2ccc(Cl)cc2OC)c1-c1ccc(C(N)=O)cc1C. The number of halogens is 1. The molecule has 7 heteroatoms. The van der Waals surface area contributed by atoms with Crippen LogP contribution in [0, 0.1) is 6.92 Å². The fourth-order valence-electron chi connectivity index (χ4n) is 3.21. The first-order valence-electron chi connectivity index (χ1n) is 9.00. The largest absolute Gasteiger partial charge is 0.495 e. The molecule has 0 unspecified atom stereocenters. The van der Waals surface area contributed by atoms with E-state index in [9.17, 15) is 9.59 Å². The maximum atomic E-state index is 12.6. The normalized spacial score (nSPS) is 10.6. The van der Waals surface area contributed by atoms with Gasteiger partial charge < -0.3 is 19.8 Å². The molecule has 3 rings (SSSR count). The molecule has 0 saturated carbocycles. The molecule has 0 saturated heterocycles. The maximum Gasteiger partial charge on any atom is 0.340 e. The molecule has 0 atom stereocenters. The Hall–Kier alpha value is -3.25. The number of esters is 1. The fraction of sp³-hybridized carbons (Fsp3) is 0.182. The number of hydrogen-bond acceptors (Lipinski definition) is 4. The minimum Gasteiger partial charge on any atom is -0.495 e. The van der Waals surface area contributed by atoms with E-state index >= 15 is 0 Å². The van der Waals surface area contributed by atoms with Crippen molar-refractivity contribution in [3.05, 3.63) is 70.4 Å². The molecule has 150 valence electrons. The van der Waals surface area contributed by atoms with Crippen LogP contribution in [0.3, 0.4) is 0 Å². The quantitative estimate of drug-likeness (QED) is 0.608. The van der Waals surface area contributed by atoms with E-state index in [1.165, 1.54) is 0 Å². The van der Waals surface area contributed by atoms with Crippen LogP contribution in [0.25, 0.3) is 16.9 Å². The van der Waals surface area contributed by atoms with Crippen molar-refractivity contribution >= 4 is 23.5 Å². The average molecular weight is 413 g/mol. The van der Waals surface area contributed by atoms with E-state index in [-0.39, 0.29) is 6.61 Å². The summed E-state index contributed by atoms with van der Waals surface area (Å²) in [5, 5.41) is 0.534. The summed E-state index contributed by atoms with van der Waals surface area (Å²) < 4.78 is 12.6. The van der Waals surface area contributed by atoms with E-state index in [0.717, 1.165) is 11.1 Å². The molecule has 0 aliphatic heterocycles. The Kier molecular flexibility index (Phi) is 5.94. The lowest BCUT2D eigenvalue weighted by molar-refractivity contribution is 0.0527. The molecule has 0 spiro atoms. The van der Waals surface area contributed by atoms with E-state index in [0.29, 0.717) is 33.3 Å². The second kappa shape index (κ2) is 8.41. The number of hydrogen-bond donors (Lipinski definition) is 1. The van der Waals surface area contributed by atoms with Crippen LogP contribution in [-0.4, -0.2) is 30.2 Å². The zero-order chi connectivity index (χ0) is 21.1. The zero-order valence-corrected chi connectivity index (χ0v) is 17.1. The van der Waals surface area contributed by atoms with Crippen LogP contribution in [0.2, 0.25) is 5.02 Å². The summed E-state index contributed by atoms with van der Waals surface area (Å²) in [6, 6.07) is 12.1. The molecular formula is C22H21ClN2O4. The number of benzene rings is 2. The lowest BCUT2D eigenvalue weighted by Gasteiger charge is -2.17. The Morgan fingerprint density at radius 3 is 2.52 bits per heavy atom. The van der Waals surface area contributed by atoms with E-state index in [1.54, 1.807) is 56.6 Å². The monoisotopic (exact) mass is 412 g/mol. The van der Waals surface area contributed by atoms with E-state index in [1.807, 2.05) is 17.6 Å². The second-order valence-electron chi connectivity index (χ2n) is 6.38. The van der Waals surface area contributed by atoms with Gasteiger partial charge in [0.15, 0.2) is 0 Å². The van der Waals surface area contributed by atoms with Gasteiger partial charge in [0.25, 0.3) is 0 Å². The standard InChI is InChI=1S/C22H21ClN2O4/c1-4-29-22(27)17-9-10-25(18-8-6-15(23)12-19(18)28-3)20(17)16-7-5-14(21(24)26)11-13(16)2/h5-12H,4H2,1-3H3,(H2,24,26). The fourth-order valence-corrected chi connectivity index (χ4v) is 3.38. The third-order valence-electron chi connectivity index (χ3n) is 4.55. The van der Waals surface area contributed by atoms with Gasteiger partial charge in [-0.1, -0.05) is 17.7 Å². The predicted molar refractivity (Wildman–Crippen MR) is 112 cm³/mol. The van der Waals surface area contributed by atoms with E-state index in [4.69, 9.17) is 26.8 Å². The highest BCUT2D eigenvalue weighted by atomic mass is 35.5. The van der Waals surface area contributed by atoms with Crippen molar-refractivity contribution in [2.45, 2.75) is 13.8 Å². The first-order valence-corrected chi connectivity index (χ1v) is 9.38. The van der Waals surface area contributed by atoms with Gasteiger partial charge in [0, 0.05) is 28.4 Å². The molecule has 0 fully saturated rings.